The number of carbonyl (C=O) groups excluding carboxylic acids is 1. The van der Waals surface area contributed by atoms with Gasteiger partial charge in [-0.1, -0.05) is 18.5 Å². The normalized spacial score (nSPS) is 13.7. The standard InChI is InChI=1S/C15H18ClFN2O6/c1-7(8-5-10(17)11(19(23)24)6-9(8)16)12(13(20)21)18-14(22)25-15(2,3)4/h5-7,12H,1-4H3,(H,18,22)(H,20,21)/t7-,12+/m0/s1. The fraction of sp³-hybridized carbons (Fsp3) is 0.467. The van der Waals surface area contributed by atoms with Crippen molar-refractivity contribution in [3.05, 3.63) is 38.7 Å². The van der Waals surface area contributed by atoms with Crippen LogP contribution in [0.3, 0.4) is 0 Å². The van der Waals surface area contributed by atoms with Crippen LogP contribution in [0.4, 0.5) is 14.9 Å². The van der Waals surface area contributed by atoms with Crippen molar-refractivity contribution in [1.82, 2.24) is 5.32 Å². The predicted molar refractivity (Wildman–Crippen MR) is 87.3 cm³/mol. The highest BCUT2D eigenvalue weighted by Crippen LogP contribution is 2.32. The van der Waals surface area contributed by atoms with Crippen LogP contribution in [0.1, 0.15) is 39.2 Å². The number of alkyl carbamates (subject to hydrolysis) is 1. The molecule has 0 aliphatic carbocycles. The molecule has 0 aliphatic rings. The van der Waals surface area contributed by atoms with Crippen LogP contribution in [0.15, 0.2) is 12.1 Å². The molecule has 1 aromatic carbocycles. The molecule has 25 heavy (non-hydrogen) atoms. The summed E-state index contributed by atoms with van der Waals surface area (Å²) >= 11 is 5.92. The summed E-state index contributed by atoms with van der Waals surface area (Å²) in [5.41, 5.74) is -1.66. The van der Waals surface area contributed by atoms with Gasteiger partial charge < -0.3 is 15.2 Å². The van der Waals surface area contributed by atoms with Gasteiger partial charge in [-0.15, -0.1) is 0 Å². The molecule has 0 radical (unpaired) electrons. The van der Waals surface area contributed by atoms with Crippen LogP contribution in [0.2, 0.25) is 5.02 Å². The SMILES string of the molecule is C[C@@H](c1cc(F)c([N+](=O)[O-])cc1Cl)[C@@H](NC(=O)OC(C)(C)C)C(=O)O. The first-order chi connectivity index (χ1) is 11.3. The molecule has 0 aromatic heterocycles. The average molecular weight is 377 g/mol. The lowest BCUT2D eigenvalue weighted by atomic mass is 9.93. The molecule has 1 aromatic rings. The minimum Gasteiger partial charge on any atom is -0.480 e. The van der Waals surface area contributed by atoms with E-state index in [2.05, 4.69) is 5.32 Å². The number of hydrogen-bond acceptors (Lipinski definition) is 5. The monoisotopic (exact) mass is 376 g/mol. The summed E-state index contributed by atoms with van der Waals surface area (Å²) in [4.78, 5) is 33.1. The highest BCUT2D eigenvalue weighted by atomic mass is 35.5. The lowest BCUT2D eigenvalue weighted by Crippen LogP contribution is -2.46. The van der Waals surface area contributed by atoms with Crippen LogP contribution in [-0.4, -0.2) is 33.7 Å². The Labute approximate surface area is 148 Å². The third-order valence-corrected chi connectivity index (χ3v) is 3.52. The van der Waals surface area contributed by atoms with E-state index in [1.807, 2.05) is 0 Å². The summed E-state index contributed by atoms with van der Waals surface area (Å²) in [6, 6.07) is 0.112. The van der Waals surface area contributed by atoms with Crippen LogP contribution in [0.25, 0.3) is 0 Å². The molecule has 0 fully saturated rings. The van der Waals surface area contributed by atoms with E-state index in [-0.39, 0.29) is 10.6 Å². The van der Waals surface area contributed by atoms with Crippen molar-refractivity contribution in [2.45, 2.75) is 45.3 Å². The van der Waals surface area contributed by atoms with Gasteiger partial charge in [0.1, 0.15) is 11.6 Å². The van der Waals surface area contributed by atoms with Crippen LogP contribution < -0.4 is 5.32 Å². The van der Waals surface area contributed by atoms with Crippen molar-refractivity contribution < 1.29 is 28.7 Å². The van der Waals surface area contributed by atoms with Crippen molar-refractivity contribution in [3.8, 4) is 0 Å². The van der Waals surface area contributed by atoms with Crippen molar-refractivity contribution >= 4 is 29.4 Å². The lowest BCUT2D eigenvalue weighted by molar-refractivity contribution is -0.387. The van der Waals surface area contributed by atoms with E-state index in [0.29, 0.717) is 0 Å². The van der Waals surface area contributed by atoms with E-state index in [1.165, 1.54) is 6.92 Å². The molecule has 0 spiro atoms. The average Bonchev–Trinajstić information content (AvgIpc) is 2.43. The number of nitrogens with zero attached hydrogens (tertiary/aromatic N) is 1. The Hall–Kier alpha value is -2.42. The third kappa shape index (κ3) is 5.56. The number of nitrogens with one attached hydrogen (secondary N) is 1. The second-order valence-electron chi connectivity index (χ2n) is 6.33. The van der Waals surface area contributed by atoms with Gasteiger partial charge in [0.25, 0.3) is 0 Å². The maximum absolute atomic E-state index is 13.8. The summed E-state index contributed by atoms with van der Waals surface area (Å²) in [5, 5.41) is 22.1. The molecule has 0 aliphatic heterocycles. The summed E-state index contributed by atoms with van der Waals surface area (Å²) in [5.74, 6) is -3.53. The lowest BCUT2D eigenvalue weighted by Gasteiger charge is -2.25. The van der Waals surface area contributed by atoms with Crippen molar-refractivity contribution in [2.75, 3.05) is 0 Å². The highest BCUT2D eigenvalue weighted by molar-refractivity contribution is 6.31. The number of nitro groups is 1. The molecule has 2 atom stereocenters. The number of rotatable bonds is 5. The van der Waals surface area contributed by atoms with Gasteiger partial charge in [-0.05, 0) is 32.4 Å². The fourth-order valence-electron chi connectivity index (χ4n) is 2.06. The molecule has 0 saturated heterocycles. The van der Waals surface area contributed by atoms with Gasteiger partial charge in [0.15, 0.2) is 0 Å². The van der Waals surface area contributed by atoms with Gasteiger partial charge in [-0.25, -0.2) is 9.59 Å². The molecule has 0 heterocycles. The summed E-state index contributed by atoms with van der Waals surface area (Å²) in [7, 11) is 0. The van der Waals surface area contributed by atoms with E-state index < -0.39 is 46.1 Å². The Balaban J connectivity index is 3.14. The molecule has 0 unspecified atom stereocenters. The number of ether oxygens (including phenoxy) is 1. The zero-order chi connectivity index (χ0) is 19.5. The molecule has 1 amide bonds. The van der Waals surface area contributed by atoms with Crippen LogP contribution in [0, 0.1) is 15.9 Å². The maximum atomic E-state index is 13.8. The van der Waals surface area contributed by atoms with Gasteiger partial charge in [0, 0.05) is 12.0 Å². The number of halogens is 2. The number of aliphatic carboxylic acids is 1. The number of amides is 1. The van der Waals surface area contributed by atoms with Gasteiger partial charge >= 0.3 is 17.7 Å². The number of carboxylic acid groups (broad SMARTS) is 1. The Bertz CT molecular complexity index is 704. The molecular formula is C15H18ClFN2O6. The molecule has 0 saturated carbocycles. The predicted octanol–water partition coefficient (Wildman–Crippen LogP) is 3.47. The first-order valence-electron chi connectivity index (χ1n) is 7.19. The van der Waals surface area contributed by atoms with Crippen LogP contribution in [0.5, 0.6) is 0 Å². The second-order valence-corrected chi connectivity index (χ2v) is 6.74. The largest absolute Gasteiger partial charge is 0.480 e. The highest BCUT2D eigenvalue weighted by Gasteiger charge is 2.32. The van der Waals surface area contributed by atoms with E-state index in [9.17, 15) is 29.2 Å². The van der Waals surface area contributed by atoms with E-state index in [4.69, 9.17) is 16.3 Å². The summed E-state index contributed by atoms with van der Waals surface area (Å²) < 4.78 is 18.8. The molecule has 138 valence electrons. The van der Waals surface area contributed by atoms with Crippen molar-refractivity contribution in [3.63, 3.8) is 0 Å². The topological polar surface area (TPSA) is 119 Å². The van der Waals surface area contributed by atoms with Crippen LogP contribution in [-0.2, 0) is 9.53 Å². The minimum absolute atomic E-state index is 0.00762. The molecule has 1 rings (SSSR count). The molecule has 10 heteroatoms. The third-order valence-electron chi connectivity index (χ3n) is 3.19. The Morgan fingerprint density at radius 1 is 1.40 bits per heavy atom. The van der Waals surface area contributed by atoms with Gasteiger partial charge in [-0.3, -0.25) is 10.1 Å². The first kappa shape index (κ1) is 20.6. The number of carboxylic acids is 1. The molecule has 0 bridgehead atoms. The minimum atomic E-state index is -1.48. The summed E-state index contributed by atoms with van der Waals surface area (Å²) in [6.45, 7) is 6.21. The van der Waals surface area contributed by atoms with E-state index >= 15 is 0 Å². The van der Waals surface area contributed by atoms with Gasteiger partial charge in [0.05, 0.1) is 9.95 Å². The smallest absolute Gasteiger partial charge is 0.408 e. The number of hydrogen-bond donors (Lipinski definition) is 2. The number of carbonyl (C=O) groups is 2. The van der Waals surface area contributed by atoms with Gasteiger partial charge in [-0.2, -0.15) is 4.39 Å². The quantitative estimate of drug-likeness (QED) is 0.600. The Morgan fingerprint density at radius 2 is 1.96 bits per heavy atom. The second kappa shape index (κ2) is 7.64. The van der Waals surface area contributed by atoms with Crippen molar-refractivity contribution in [2.24, 2.45) is 0 Å². The molecule has 8 nitrogen and oxygen atoms in total. The number of nitro benzene ring substituents is 1. The van der Waals surface area contributed by atoms with Gasteiger partial charge in [0.2, 0.25) is 5.82 Å². The van der Waals surface area contributed by atoms with Crippen molar-refractivity contribution in [1.29, 1.82) is 0 Å². The Morgan fingerprint density at radius 3 is 2.40 bits per heavy atom. The Kier molecular flexibility index (Phi) is 6.31. The maximum Gasteiger partial charge on any atom is 0.408 e. The fourth-order valence-corrected chi connectivity index (χ4v) is 2.39. The van der Waals surface area contributed by atoms with E-state index in [1.54, 1.807) is 20.8 Å². The zero-order valence-corrected chi connectivity index (χ0v) is 14.8. The molecular weight excluding hydrogens is 359 g/mol. The number of benzene rings is 1. The zero-order valence-electron chi connectivity index (χ0n) is 14.0. The van der Waals surface area contributed by atoms with E-state index in [0.717, 1.165) is 12.1 Å². The first-order valence-corrected chi connectivity index (χ1v) is 7.57. The molecule has 2 N–H and O–H groups in total. The summed E-state index contributed by atoms with van der Waals surface area (Å²) in [6.07, 6.45) is -0.967. The van der Waals surface area contributed by atoms with Crippen LogP contribution >= 0.6 is 11.6 Å².